The molecule has 0 aliphatic heterocycles. The molecule has 152 valence electrons. The highest BCUT2D eigenvalue weighted by atomic mass is 15.5. The quantitative estimate of drug-likeness (QED) is 0.425. The lowest BCUT2D eigenvalue weighted by molar-refractivity contribution is 0.628. The molecule has 7 nitrogen and oxygen atoms in total. The number of tetrazole rings is 1. The summed E-state index contributed by atoms with van der Waals surface area (Å²) in [5.41, 5.74) is 4.31. The van der Waals surface area contributed by atoms with E-state index in [9.17, 15) is 0 Å². The van der Waals surface area contributed by atoms with Crippen LogP contribution in [0.5, 0.6) is 0 Å². The maximum absolute atomic E-state index is 4.72. The van der Waals surface area contributed by atoms with E-state index >= 15 is 0 Å². The Labute approximate surface area is 175 Å². The van der Waals surface area contributed by atoms with Crippen molar-refractivity contribution >= 4 is 0 Å². The summed E-state index contributed by atoms with van der Waals surface area (Å²) in [5.74, 6) is 2.53. The Morgan fingerprint density at radius 1 is 1.03 bits per heavy atom. The van der Waals surface area contributed by atoms with E-state index in [0.29, 0.717) is 12.4 Å². The Balaban J connectivity index is 1.58. The van der Waals surface area contributed by atoms with Crippen molar-refractivity contribution in [2.24, 2.45) is 0 Å². The van der Waals surface area contributed by atoms with Gasteiger partial charge in [0.05, 0.1) is 6.54 Å². The van der Waals surface area contributed by atoms with Crippen molar-refractivity contribution < 1.29 is 0 Å². The number of benzene rings is 2. The first kappa shape index (κ1) is 19.7. The fraction of sp³-hybridized carbons (Fsp3) is 0.261. The van der Waals surface area contributed by atoms with E-state index in [-0.39, 0.29) is 0 Å². The van der Waals surface area contributed by atoms with Gasteiger partial charge in [-0.25, -0.2) is 9.67 Å². The van der Waals surface area contributed by atoms with Crippen LogP contribution < -0.4 is 0 Å². The van der Waals surface area contributed by atoms with Crippen LogP contribution in [0.3, 0.4) is 0 Å². The number of nitrogens with zero attached hydrogens (tertiary/aromatic N) is 6. The molecule has 0 fully saturated rings. The van der Waals surface area contributed by atoms with Gasteiger partial charge in [-0.3, -0.25) is 0 Å². The highest BCUT2D eigenvalue weighted by Crippen LogP contribution is 2.29. The van der Waals surface area contributed by atoms with Gasteiger partial charge in [-0.15, -0.1) is 16.8 Å². The van der Waals surface area contributed by atoms with Crippen LogP contribution in [0.1, 0.15) is 37.0 Å². The van der Waals surface area contributed by atoms with Crippen molar-refractivity contribution in [2.75, 3.05) is 0 Å². The normalized spacial score (nSPS) is 11.0. The van der Waals surface area contributed by atoms with Gasteiger partial charge in [-0.2, -0.15) is 10.3 Å². The summed E-state index contributed by atoms with van der Waals surface area (Å²) in [4.78, 5) is 4.72. The number of nitrogens with one attached hydrogen (secondary N) is 1. The van der Waals surface area contributed by atoms with Gasteiger partial charge in [-0.05, 0) is 34.7 Å². The Kier molecular flexibility index (Phi) is 6.08. The zero-order chi connectivity index (χ0) is 20.8. The smallest absolute Gasteiger partial charge is 0.205 e. The maximum Gasteiger partial charge on any atom is 0.205 e. The predicted molar refractivity (Wildman–Crippen MR) is 117 cm³/mol. The monoisotopic (exact) mass is 399 g/mol. The average Bonchev–Trinajstić information content (AvgIpc) is 3.44. The van der Waals surface area contributed by atoms with Crippen LogP contribution in [0.2, 0.25) is 0 Å². The van der Waals surface area contributed by atoms with Crippen molar-refractivity contribution in [2.45, 2.75) is 39.2 Å². The number of allylic oxidation sites excluding steroid dienone is 1. The number of hydrogen-bond acceptors (Lipinski definition) is 5. The van der Waals surface area contributed by atoms with Crippen LogP contribution in [0.15, 0.2) is 61.2 Å². The third kappa shape index (κ3) is 4.35. The summed E-state index contributed by atoms with van der Waals surface area (Å²) in [6.45, 7) is 6.68. The van der Waals surface area contributed by atoms with Gasteiger partial charge >= 0.3 is 0 Å². The zero-order valence-corrected chi connectivity index (χ0v) is 17.1. The summed E-state index contributed by atoms with van der Waals surface area (Å²) in [6.07, 6.45) is 5.63. The minimum atomic E-state index is 0.590. The first-order chi connectivity index (χ1) is 14.8. The van der Waals surface area contributed by atoms with Crippen LogP contribution >= 0.6 is 0 Å². The Morgan fingerprint density at radius 2 is 1.83 bits per heavy atom. The number of aryl methyl sites for hydroxylation is 2. The molecule has 4 rings (SSSR count). The highest BCUT2D eigenvalue weighted by Gasteiger charge is 2.12. The molecule has 0 atom stereocenters. The van der Waals surface area contributed by atoms with E-state index in [1.165, 1.54) is 5.56 Å². The first-order valence-electron chi connectivity index (χ1n) is 10.2. The molecule has 0 spiro atoms. The fourth-order valence-corrected chi connectivity index (χ4v) is 3.47. The Hall–Kier alpha value is -3.61. The lowest BCUT2D eigenvalue weighted by Crippen LogP contribution is -2.07. The SMILES string of the molecule is C=CCCc1nc(CCC)nn1Cc1ccc(-c2ccccc2-c2nn[nH]n2)cc1. The molecule has 0 unspecified atom stereocenters. The summed E-state index contributed by atoms with van der Waals surface area (Å²) in [5, 5.41) is 19.2. The molecule has 0 bridgehead atoms. The third-order valence-corrected chi connectivity index (χ3v) is 4.95. The standard InChI is InChI=1S/C23H25N7/c1-3-5-11-22-24-21(8-4-2)27-30(22)16-17-12-14-18(15-13-17)19-9-6-7-10-20(19)23-25-28-29-26-23/h3,6-7,9-10,12-15H,1,4-5,8,11,16H2,2H3,(H,25,26,28,29). The van der Waals surface area contributed by atoms with Crippen molar-refractivity contribution in [3.05, 3.63) is 78.4 Å². The molecule has 0 amide bonds. The van der Waals surface area contributed by atoms with Crippen LogP contribution in [-0.2, 0) is 19.4 Å². The topological polar surface area (TPSA) is 85.2 Å². The van der Waals surface area contributed by atoms with Crippen LogP contribution in [-0.4, -0.2) is 35.4 Å². The van der Waals surface area contributed by atoms with E-state index < -0.39 is 0 Å². The molecule has 7 heteroatoms. The van der Waals surface area contributed by atoms with Gasteiger partial charge in [0, 0.05) is 18.4 Å². The molecule has 1 N–H and O–H groups in total. The molecule has 0 aliphatic carbocycles. The summed E-state index contributed by atoms with van der Waals surface area (Å²) < 4.78 is 2.02. The van der Waals surface area contributed by atoms with Gasteiger partial charge in [0.25, 0.3) is 0 Å². The Morgan fingerprint density at radius 3 is 2.53 bits per heavy atom. The largest absolute Gasteiger partial charge is 0.245 e. The minimum Gasteiger partial charge on any atom is -0.245 e. The molecule has 0 saturated heterocycles. The molecule has 2 heterocycles. The molecular weight excluding hydrogens is 374 g/mol. The Bertz CT molecular complexity index is 1100. The van der Waals surface area contributed by atoms with Gasteiger partial charge in [0.15, 0.2) is 5.82 Å². The molecule has 4 aromatic rings. The van der Waals surface area contributed by atoms with Crippen LogP contribution in [0, 0.1) is 0 Å². The van der Waals surface area contributed by atoms with Gasteiger partial charge < -0.3 is 0 Å². The maximum atomic E-state index is 4.72. The first-order valence-corrected chi connectivity index (χ1v) is 10.2. The number of H-pyrrole nitrogens is 1. The van der Waals surface area contributed by atoms with Crippen molar-refractivity contribution in [1.82, 2.24) is 35.4 Å². The second-order valence-corrected chi connectivity index (χ2v) is 7.16. The summed E-state index contributed by atoms with van der Waals surface area (Å²) in [7, 11) is 0. The summed E-state index contributed by atoms with van der Waals surface area (Å²) >= 11 is 0. The molecule has 0 aliphatic rings. The van der Waals surface area contributed by atoms with E-state index in [4.69, 9.17) is 10.1 Å². The van der Waals surface area contributed by atoms with Gasteiger partial charge in [0.1, 0.15) is 5.82 Å². The fourth-order valence-electron chi connectivity index (χ4n) is 3.47. The van der Waals surface area contributed by atoms with Crippen LogP contribution in [0.25, 0.3) is 22.5 Å². The predicted octanol–water partition coefficient (Wildman–Crippen LogP) is 4.24. The third-order valence-electron chi connectivity index (χ3n) is 4.95. The van der Waals surface area contributed by atoms with E-state index in [1.54, 1.807) is 0 Å². The van der Waals surface area contributed by atoms with E-state index in [0.717, 1.165) is 54.0 Å². The highest BCUT2D eigenvalue weighted by molar-refractivity contribution is 5.80. The minimum absolute atomic E-state index is 0.590. The second kappa shape index (κ2) is 9.26. The molecule has 0 radical (unpaired) electrons. The molecule has 2 aromatic carbocycles. The zero-order valence-electron chi connectivity index (χ0n) is 17.1. The molecule has 30 heavy (non-hydrogen) atoms. The number of aromatic amines is 1. The number of aromatic nitrogens is 7. The van der Waals surface area contributed by atoms with E-state index in [2.05, 4.69) is 64.5 Å². The number of rotatable bonds is 9. The van der Waals surface area contributed by atoms with Crippen LogP contribution in [0.4, 0.5) is 0 Å². The van der Waals surface area contributed by atoms with E-state index in [1.807, 2.05) is 29.0 Å². The van der Waals surface area contributed by atoms with Gasteiger partial charge in [0.2, 0.25) is 5.82 Å². The average molecular weight is 400 g/mol. The molecular formula is C23H25N7. The number of hydrogen-bond donors (Lipinski definition) is 1. The summed E-state index contributed by atoms with van der Waals surface area (Å²) in [6, 6.07) is 16.6. The lowest BCUT2D eigenvalue weighted by atomic mass is 9.98. The van der Waals surface area contributed by atoms with Crippen molar-refractivity contribution in [1.29, 1.82) is 0 Å². The van der Waals surface area contributed by atoms with Crippen molar-refractivity contribution in [3.63, 3.8) is 0 Å². The molecule has 2 aromatic heterocycles. The lowest BCUT2D eigenvalue weighted by Gasteiger charge is -2.09. The second-order valence-electron chi connectivity index (χ2n) is 7.16. The van der Waals surface area contributed by atoms with Crippen molar-refractivity contribution in [3.8, 4) is 22.5 Å². The molecule has 0 saturated carbocycles. The van der Waals surface area contributed by atoms with Gasteiger partial charge in [-0.1, -0.05) is 61.5 Å².